The van der Waals surface area contributed by atoms with Gasteiger partial charge in [0.05, 0.1) is 16.3 Å². The molecule has 0 aliphatic carbocycles. The zero-order valence-electron chi connectivity index (χ0n) is 17.0. The number of nitrogens with one attached hydrogen (secondary N) is 1. The molecular weight excluding hydrogens is 378 g/mol. The fourth-order valence-corrected chi connectivity index (χ4v) is 4.54. The van der Waals surface area contributed by atoms with Crippen LogP contribution in [0.1, 0.15) is 35.9 Å². The van der Waals surface area contributed by atoms with Crippen molar-refractivity contribution >= 4 is 17.2 Å². The van der Waals surface area contributed by atoms with Gasteiger partial charge in [-0.1, -0.05) is 54.6 Å². The van der Waals surface area contributed by atoms with Crippen LogP contribution in [0.15, 0.2) is 60.8 Å². The quantitative estimate of drug-likeness (QED) is 0.630. The van der Waals surface area contributed by atoms with Crippen molar-refractivity contribution < 1.29 is 4.79 Å². The molecule has 1 saturated heterocycles. The van der Waals surface area contributed by atoms with Crippen molar-refractivity contribution in [3.63, 3.8) is 0 Å². The molecule has 0 radical (unpaired) electrons. The van der Waals surface area contributed by atoms with Gasteiger partial charge in [-0.25, -0.2) is 4.98 Å². The van der Waals surface area contributed by atoms with E-state index in [4.69, 9.17) is 0 Å². The molecule has 1 aromatic heterocycles. The first-order valence-electron chi connectivity index (χ1n) is 10.2. The maximum Gasteiger partial charge on any atom is 0.224 e. The van der Waals surface area contributed by atoms with Crippen LogP contribution in [-0.2, 0) is 17.8 Å². The molecule has 150 valence electrons. The maximum absolute atomic E-state index is 12.2. The predicted octanol–water partition coefficient (Wildman–Crippen LogP) is 4.48. The second-order valence-electron chi connectivity index (χ2n) is 7.94. The Hall–Kier alpha value is -2.50. The van der Waals surface area contributed by atoms with Crippen LogP contribution >= 0.6 is 11.3 Å². The smallest absolute Gasteiger partial charge is 0.224 e. The van der Waals surface area contributed by atoms with Gasteiger partial charge in [0.2, 0.25) is 5.91 Å². The molecule has 4 nitrogen and oxygen atoms in total. The Kier molecular flexibility index (Phi) is 6.07. The summed E-state index contributed by atoms with van der Waals surface area (Å²) >= 11 is 1.79. The van der Waals surface area contributed by atoms with E-state index >= 15 is 0 Å². The van der Waals surface area contributed by atoms with Gasteiger partial charge in [0.25, 0.3) is 0 Å². The molecule has 5 heteroatoms. The third-order valence-electron chi connectivity index (χ3n) is 5.45. The highest BCUT2D eigenvalue weighted by molar-refractivity contribution is 7.15. The molecule has 2 heterocycles. The topological polar surface area (TPSA) is 45.2 Å². The summed E-state index contributed by atoms with van der Waals surface area (Å²) in [5, 5.41) is 4.22. The molecule has 29 heavy (non-hydrogen) atoms. The van der Waals surface area contributed by atoms with Crippen molar-refractivity contribution in [1.29, 1.82) is 0 Å². The van der Waals surface area contributed by atoms with Gasteiger partial charge in [-0.3, -0.25) is 9.69 Å². The van der Waals surface area contributed by atoms with Gasteiger partial charge in [-0.2, -0.15) is 0 Å². The molecule has 2 aromatic carbocycles. The van der Waals surface area contributed by atoms with Gasteiger partial charge in [-0.15, -0.1) is 11.3 Å². The summed E-state index contributed by atoms with van der Waals surface area (Å²) in [6, 6.07) is 18.9. The van der Waals surface area contributed by atoms with E-state index in [2.05, 4.69) is 41.2 Å². The number of rotatable bonds is 7. The van der Waals surface area contributed by atoms with Crippen LogP contribution in [0.25, 0.3) is 10.4 Å². The standard InChI is InChI=1S/C24H27N3OS/c1-17(2)27-15-21(16-27)24-26-14-22(29-24)20-10-8-18(9-11-20)12-23(28)25-13-19-6-4-3-5-7-19/h3-11,14,17,21H,12-13,15-16H2,1-2H3,(H,25,28). The summed E-state index contributed by atoms with van der Waals surface area (Å²) in [5.41, 5.74) is 3.30. The van der Waals surface area contributed by atoms with Gasteiger partial charge in [-0.05, 0) is 30.5 Å². The van der Waals surface area contributed by atoms with Crippen molar-refractivity contribution in [3.05, 3.63) is 76.9 Å². The zero-order chi connectivity index (χ0) is 20.2. The van der Waals surface area contributed by atoms with Crippen molar-refractivity contribution in [3.8, 4) is 10.4 Å². The first-order chi connectivity index (χ1) is 14.1. The highest BCUT2D eigenvalue weighted by Gasteiger charge is 2.31. The SMILES string of the molecule is CC(C)N1CC(c2ncc(-c3ccc(CC(=O)NCc4ccccc4)cc3)s2)C1. The lowest BCUT2D eigenvalue weighted by atomic mass is 9.99. The molecule has 1 N–H and O–H groups in total. The molecule has 1 amide bonds. The third kappa shape index (κ3) is 4.92. The Labute approximate surface area is 176 Å². The second kappa shape index (κ2) is 8.89. The van der Waals surface area contributed by atoms with Crippen LogP contribution in [0, 0.1) is 0 Å². The summed E-state index contributed by atoms with van der Waals surface area (Å²) in [6.07, 6.45) is 2.38. The van der Waals surface area contributed by atoms with Crippen molar-refractivity contribution in [2.75, 3.05) is 13.1 Å². The van der Waals surface area contributed by atoms with Gasteiger partial charge < -0.3 is 5.32 Å². The van der Waals surface area contributed by atoms with E-state index in [9.17, 15) is 4.79 Å². The average Bonchev–Trinajstić information content (AvgIpc) is 3.16. The lowest BCUT2D eigenvalue weighted by Crippen LogP contribution is -2.48. The fourth-order valence-electron chi connectivity index (χ4n) is 3.53. The zero-order valence-corrected chi connectivity index (χ0v) is 17.8. The minimum Gasteiger partial charge on any atom is -0.352 e. The highest BCUT2D eigenvalue weighted by Crippen LogP contribution is 2.35. The Balaban J connectivity index is 1.31. The lowest BCUT2D eigenvalue weighted by Gasteiger charge is -2.41. The van der Waals surface area contributed by atoms with Gasteiger partial charge in [0.15, 0.2) is 0 Å². The molecule has 4 rings (SSSR count). The first kappa shape index (κ1) is 19.8. The summed E-state index contributed by atoms with van der Waals surface area (Å²) < 4.78 is 0. The monoisotopic (exact) mass is 405 g/mol. The van der Waals surface area contributed by atoms with Crippen LogP contribution in [0.4, 0.5) is 0 Å². The average molecular weight is 406 g/mol. The number of hydrogen-bond acceptors (Lipinski definition) is 4. The normalized spacial score (nSPS) is 14.7. The number of likely N-dealkylation sites (tertiary alicyclic amines) is 1. The number of amides is 1. The van der Waals surface area contributed by atoms with Crippen LogP contribution in [0.5, 0.6) is 0 Å². The third-order valence-corrected chi connectivity index (χ3v) is 6.66. The van der Waals surface area contributed by atoms with Crippen LogP contribution in [0.2, 0.25) is 0 Å². The molecule has 1 aliphatic rings. The number of benzene rings is 2. The summed E-state index contributed by atoms with van der Waals surface area (Å²) in [5.74, 6) is 0.616. The highest BCUT2D eigenvalue weighted by atomic mass is 32.1. The molecule has 0 spiro atoms. The molecule has 1 aliphatic heterocycles. The summed E-state index contributed by atoms with van der Waals surface area (Å²) in [4.78, 5) is 20.5. The Morgan fingerprint density at radius 3 is 2.52 bits per heavy atom. The van der Waals surface area contributed by atoms with Gasteiger partial charge >= 0.3 is 0 Å². The van der Waals surface area contributed by atoms with Crippen LogP contribution < -0.4 is 5.32 Å². The molecule has 1 fully saturated rings. The predicted molar refractivity (Wildman–Crippen MR) is 119 cm³/mol. The van der Waals surface area contributed by atoms with Crippen molar-refractivity contribution in [2.24, 2.45) is 0 Å². The van der Waals surface area contributed by atoms with E-state index in [1.807, 2.05) is 48.7 Å². The van der Waals surface area contributed by atoms with E-state index in [1.54, 1.807) is 11.3 Å². The largest absolute Gasteiger partial charge is 0.352 e. The minimum absolute atomic E-state index is 0.0429. The van der Waals surface area contributed by atoms with Gasteiger partial charge in [0, 0.05) is 37.8 Å². The van der Waals surface area contributed by atoms with Crippen LogP contribution in [-0.4, -0.2) is 34.9 Å². The van der Waals surface area contributed by atoms with Crippen LogP contribution in [0.3, 0.4) is 0 Å². The molecule has 3 aromatic rings. The number of thiazole rings is 1. The first-order valence-corrected chi connectivity index (χ1v) is 11.0. The molecule has 0 unspecified atom stereocenters. The van der Waals surface area contributed by atoms with Gasteiger partial charge in [0.1, 0.15) is 0 Å². The number of hydrogen-bond donors (Lipinski definition) is 1. The van der Waals surface area contributed by atoms with E-state index in [-0.39, 0.29) is 5.91 Å². The lowest BCUT2D eigenvalue weighted by molar-refractivity contribution is -0.120. The van der Waals surface area contributed by atoms with E-state index in [1.165, 1.54) is 15.4 Å². The summed E-state index contributed by atoms with van der Waals surface area (Å²) in [6.45, 7) is 7.28. The van der Waals surface area contributed by atoms with E-state index in [0.717, 1.165) is 24.2 Å². The molecule has 0 saturated carbocycles. The van der Waals surface area contributed by atoms with E-state index in [0.29, 0.717) is 24.9 Å². The fraction of sp³-hybridized carbons (Fsp3) is 0.333. The Morgan fingerprint density at radius 2 is 1.83 bits per heavy atom. The summed E-state index contributed by atoms with van der Waals surface area (Å²) in [7, 11) is 0. The number of carbonyl (C=O) groups is 1. The number of nitrogens with zero attached hydrogens (tertiary/aromatic N) is 2. The number of aromatic nitrogens is 1. The molecular formula is C24H27N3OS. The number of carbonyl (C=O) groups excluding carboxylic acids is 1. The van der Waals surface area contributed by atoms with Crippen molar-refractivity contribution in [1.82, 2.24) is 15.2 Å². The maximum atomic E-state index is 12.2. The van der Waals surface area contributed by atoms with Crippen molar-refractivity contribution in [2.45, 2.75) is 38.8 Å². The Morgan fingerprint density at radius 1 is 1.10 bits per heavy atom. The molecule has 0 atom stereocenters. The minimum atomic E-state index is 0.0429. The second-order valence-corrected chi connectivity index (χ2v) is 9.01. The Bertz CT molecular complexity index is 944. The molecule has 0 bridgehead atoms. The van der Waals surface area contributed by atoms with E-state index < -0.39 is 0 Å².